The number of aliphatic hydroxyl groups excluding tert-OH is 2. The van der Waals surface area contributed by atoms with Crippen molar-refractivity contribution < 1.29 is 38.9 Å². The van der Waals surface area contributed by atoms with Gasteiger partial charge in [0.1, 0.15) is 17.7 Å². The van der Waals surface area contributed by atoms with E-state index < -0.39 is 57.5 Å². The number of ether oxygens (including phenoxy) is 1. The predicted molar refractivity (Wildman–Crippen MR) is 142 cm³/mol. The molecule has 39 heavy (non-hydrogen) atoms. The highest BCUT2D eigenvalue weighted by molar-refractivity contribution is 6.17. The van der Waals surface area contributed by atoms with Gasteiger partial charge >= 0.3 is 5.97 Å². The minimum atomic E-state index is -1.51. The van der Waals surface area contributed by atoms with E-state index in [1.54, 1.807) is 20.8 Å². The van der Waals surface area contributed by atoms with Gasteiger partial charge in [-0.1, -0.05) is 41.5 Å². The van der Waals surface area contributed by atoms with Crippen molar-refractivity contribution in [3.05, 3.63) is 11.1 Å². The molecule has 2 N–H and O–H groups in total. The molecule has 0 aromatic heterocycles. The van der Waals surface area contributed by atoms with Crippen LogP contribution < -0.4 is 0 Å². The summed E-state index contributed by atoms with van der Waals surface area (Å²) in [5.41, 5.74) is -3.49. The lowest BCUT2D eigenvalue weighted by molar-refractivity contribution is -0.159. The highest BCUT2D eigenvalue weighted by Crippen LogP contribution is 2.70. The van der Waals surface area contributed by atoms with Crippen molar-refractivity contribution >= 4 is 29.1 Å². The molecule has 2 fully saturated rings. The number of carbonyl (C=O) groups is 5. The maximum Gasteiger partial charge on any atom is 0.308 e. The first-order chi connectivity index (χ1) is 17.9. The zero-order valence-electron chi connectivity index (χ0n) is 24.6. The molecule has 0 bridgehead atoms. The Morgan fingerprint density at radius 1 is 0.974 bits per heavy atom. The van der Waals surface area contributed by atoms with E-state index in [0.29, 0.717) is 12.8 Å². The molecule has 0 saturated heterocycles. The van der Waals surface area contributed by atoms with Crippen LogP contribution in [0.15, 0.2) is 11.1 Å². The van der Waals surface area contributed by atoms with Crippen LogP contribution in [0.25, 0.3) is 0 Å². The Kier molecular flexibility index (Phi) is 7.21. The maximum atomic E-state index is 14.1. The van der Waals surface area contributed by atoms with E-state index in [4.69, 9.17) is 4.74 Å². The molecule has 216 valence electrons. The summed E-state index contributed by atoms with van der Waals surface area (Å²) in [6.07, 6.45) is -0.920. The third kappa shape index (κ3) is 3.87. The fourth-order valence-electron chi connectivity index (χ4n) is 9.05. The number of hydrogen-bond acceptors (Lipinski definition) is 8. The van der Waals surface area contributed by atoms with Crippen LogP contribution in [0.1, 0.15) is 87.0 Å². The van der Waals surface area contributed by atoms with E-state index in [2.05, 4.69) is 0 Å². The number of rotatable bonds is 6. The van der Waals surface area contributed by atoms with Gasteiger partial charge in [-0.15, -0.1) is 0 Å². The average molecular weight is 545 g/mol. The van der Waals surface area contributed by atoms with Gasteiger partial charge < -0.3 is 14.9 Å². The quantitative estimate of drug-likeness (QED) is 0.486. The van der Waals surface area contributed by atoms with Crippen LogP contribution in [-0.2, 0) is 28.7 Å². The number of hydrogen-bond donors (Lipinski definition) is 2. The Morgan fingerprint density at radius 2 is 1.59 bits per heavy atom. The third-order valence-electron chi connectivity index (χ3n) is 11.7. The summed E-state index contributed by atoms with van der Waals surface area (Å²) in [7, 11) is 1.27. The van der Waals surface area contributed by atoms with Crippen molar-refractivity contribution in [3.63, 3.8) is 0 Å². The first-order valence-electron chi connectivity index (χ1n) is 14.2. The lowest BCUT2D eigenvalue weighted by Crippen LogP contribution is -2.64. The molecule has 0 amide bonds. The number of aliphatic hydroxyl groups is 2. The molecule has 0 aromatic rings. The first kappa shape index (κ1) is 29.8. The molecule has 0 aromatic carbocycles. The summed E-state index contributed by atoms with van der Waals surface area (Å²) in [6.45, 7) is 12.7. The van der Waals surface area contributed by atoms with Gasteiger partial charge in [-0.3, -0.25) is 24.0 Å². The number of carbonyl (C=O) groups excluding carboxylic acids is 5. The number of methoxy groups -OCH3 is 1. The molecule has 2 saturated carbocycles. The van der Waals surface area contributed by atoms with Gasteiger partial charge in [0.25, 0.3) is 0 Å². The molecule has 8 heteroatoms. The Hall–Kier alpha value is -2.19. The minimum absolute atomic E-state index is 0.00229. The second kappa shape index (κ2) is 9.44. The fourth-order valence-corrected chi connectivity index (χ4v) is 9.05. The second-order valence-electron chi connectivity index (χ2n) is 14.0. The molecule has 4 aliphatic carbocycles. The molecule has 0 radical (unpaired) electrons. The SMILES string of the molecule is COC(=O)C(C)CC(=O)CC(C)C1CC(=O)C2(C)C3=C(C(=O)C(O)C12C)C1(C)CCC(O)C(C)(C)C1CC3=O. The van der Waals surface area contributed by atoms with Crippen molar-refractivity contribution in [3.8, 4) is 0 Å². The summed E-state index contributed by atoms with van der Waals surface area (Å²) < 4.78 is 4.73. The minimum Gasteiger partial charge on any atom is -0.469 e. The fraction of sp³-hybridized carbons (Fsp3) is 0.774. The standard InChI is InChI=1S/C31H44O8/c1-15(11-17(32)12-16(2)27(38)39-8)18-13-22(35)31(7)23-19(33)14-20-28(3,4)21(34)9-10-29(20,5)24(23)25(36)26(37)30(18,31)6/h15-16,18,20-21,26,34,37H,9-14H2,1-8H3. The zero-order chi connectivity index (χ0) is 29.5. The van der Waals surface area contributed by atoms with Gasteiger partial charge in [0.05, 0.1) is 24.5 Å². The van der Waals surface area contributed by atoms with Crippen LogP contribution in [0.5, 0.6) is 0 Å². The van der Waals surface area contributed by atoms with Gasteiger partial charge in [0, 0.05) is 47.7 Å². The molecule has 9 atom stereocenters. The van der Waals surface area contributed by atoms with Crippen molar-refractivity contribution in [2.75, 3.05) is 7.11 Å². The second-order valence-corrected chi connectivity index (χ2v) is 14.0. The highest BCUT2D eigenvalue weighted by atomic mass is 16.5. The molecular weight excluding hydrogens is 500 g/mol. The molecule has 8 nitrogen and oxygen atoms in total. The number of esters is 1. The number of allylic oxidation sites excluding steroid dienone is 1. The predicted octanol–water partition coefficient (Wildman–Crippen LogP) is 3.40. The van der Waals surface area contributed by atoms with Gasteiger partial charge in [0.2, 0.25) is 0 Å². The van der Waals surface area contributed by atoms with Crippen molar-refractivity contribution in [1.82, 2.24) is 0 Å². The van der Waals surface area contributed by atoms with Crippen molar-refractivity contribution in [2.45, 2.75) is 99.2 Å². The van der Waals surface area contributed by atoms with E-state index in [1.807, 2.05) is 27.7 Å². The zero-order valence-corrected chi connectivity index (χ0v) is 24.6. The number of ketones is 4. The number of Topliss-reactive ketones (excluding diaryl/α,β-unsaturated/α-hetero) is 4. The average Bonchev–Trinajstić information content (AvgIpc) is 3.07. The van der Waals surface area contributed by atoms with Crippen LogP contribution in [0.3, 0.4) is 0 Å². The van der Waals surface area contributed by atoms with Crippen molar-refractivity contribution in [2.24, 2.45) is 45.3 Å². The molecular formula is C31H44O8. The Morgan fingerprint density at radius 3 is 2.18 bits per heavy atom. The highest BCUT2D eigenvalue weighted by Gasteiger charge is 2.73. The molecule has 4 rings (SSSR count). The van der Waals surface area contributed by atoms with E-state index >= 15 is 0 Å². The lowest BCUT2D eigenvalue weighted by Gasteiger charge is -2.60. The van der Waals surface area contributed by atoms with E-state index in [9.17, 15) is 34.2 Å². The van der Waals surface area contributed by atoms with E-state index in [0.717, 1.165) is 0 Å². The smallest absolute Gasteiger partial charge is 0.308 e. The van der Waals surface area contributed by atoms with Crippen LogP contribution >= 0.6 is 0 Å². The monoisotopic (exact) mass is 544 g/mol. The van der Waals surface area contributed by atoms with Crippen molar-refractivity contribution in [1.29, 1.82) is 0 Å². The molecule has 0 spiro atoms. The van der Waals surface area contributed by atoms with Crippen LogP contribution in [-0.4, -0.2) is 58.6 Å². The van der Waals surface area contributed by atoms with Gasteiger partial charge in [-0.2, -0.15) is 0 Å². The molecule has 9 unspecified atom stereocenters. The summed E-state index contributed by atoms with van der Waals surface area (Å²) >= 11 is 0. The first-order valence-corrected chi connectivity index (χ1v) is 14.2. The third-order valence-corrected chi connectivity index (χ3v) is 11.7. The van der Waals surface area contributed by atoms with E-state index in [-0.39, 0.29) is 66.0 Å². The summed E-state index contributed by atoms with van der Waals surface area (Å²) in [4.78, 5) is 66.7. The largest absolute Gasteiger partial charge is 0.469 e. The van der Waals surface area contributed by atoms with Crippen LogP contribution in [0, 0.1) is 45.3 Å². The van der Waals surface area contributed by atoms with Crippen LogP contribution in [0.4, 0.5) is 0 Å². The molecule has 0 aliphatic heterocycles. The summed E-state index contributed by atoms with van der Waals surface area (Å²) in [5.74, 6) is -3.36. The normalized spacial score (nSPS) is 40.9. The Bertz CT molecular complexity index is 1170. The molecule has 4 aliphatic rings. The summed E-state index contributed by atoms with van der Waals surface area (Å²) in [6, 6.07) is 0. The Labute approximate surface area is 230 Å². The molecule has 0 heterocycles. The Balaban J connectivity index is 1.77. The number of fused-ring (bicyclic) bond motifs is 4. The summed E-state index contributed by atoms with van der Waals surface area (Å²) in [5, 5.41) is 22.5. The topological polar surface area (TPSA) is 135 Å². The van der Waals surface area contributed by atoms with Gasteiger partial charge in [-0.25, -0.2) is 0 Å². The van der Waals surface area contributed by atoms with Gasteiger partial charge in [0.15, 0.2) is 11.6 Å². The van der Waals surface area contributed by atoms with Crippen LogP contribution in [0.2, 0.25) is 0 Å². The van der Waals surface area contributed by atoms with E-state index in [1.165, 1.54) is 7.11 Å². The van der Waals surface area contributed by atoms with Gasteiger partial charge in [-0.05, 0) is 42.9 Å². The lowest BCUT2D eigenvalue weighted by atomic mass is 9.42. The maximum absolute atomic E-state index is 14.1.